The normalized spacial score (nSPS) is 11.8. The molecule has 0 atom stereocenters. The van der Waals surface area contributed by atoms with Gasteiger partial charge in [0, 0.05) is 6.54 Å². The van der Waals surface area contributed by atoms with Gasteiger partial charge in [-0.2, -0.15) is 13.2 Å². The fraction of sp³-hybridized carbons (Fsp3) is 0.294. The summed E-state index contributed by atoms with van der Waals surface area (Å²) >= 11 is 0.740. The number of rotatable bonds is 5. The number of carbonyl (C=O) groups is 2. The molecule has 2 amide bonds. The van der Waals surface area contributed by atoms with Gasteiger partial charge in [-0.05, 0) is 61.2 Å². The summed E-state index contributed by atoms with van der Waals surface area (Å²) in [5.41, 5.74) is -0.0194. The molecule has 4 nitrogen and oxygen atoms in total. The summed E-state index contributed by atoms with van der Waals surface area (Å²) in [4.78, 5) is 24.4. The predicted octanol–water partition coefficient (Wildman–Crippen LogP) is 5.05. The molecule has 1 rings (SSSR count). The summed E-state index contributed by atoms with van der Waals surface area (Å²) in [6.07, 6.45) is -1.18. The Morgan fingerprint density at radius 1 is 1.28 bits per heavy atom. The molecule has 0 bridgehead atoms. The SMILES string of the molecule is CC(C)=CCN(C=O)C(=O)S/C(C)=C\c1ccc(O)c(C(F)(F)F)c1. The second kappa shape index (κ2) is 8.75. The number of amides is 2. The number of nitrogens with zero attached hydrogens (tertiary/aromatic N) is 1. The number of benzene rings is 1. The van der Waals surface area contributed by atoms with Gasteiger partial charge in [0.25, 0.3) is 5.24 Å². The maximum atomic E-state index is 12.8. The first-order valence-corrected chi connectivity index (χ1v) is 8.02. The standard InChI is InChI=1S/C17H18F3NO3S/c1-11(2)6-7-21(10-22)16(24)25-12(3)8-13-4-5-15(23)14(9-13)17(18,19)20/h4-6,8-10,23H,7H2,1-3H3/b12-8-. The van der Waals surface area contributed by atoms with E-state index in [2.05, 4.69) is 0 Å². The van der Waals surface area contributed by atoms with Gasteiger partial charge in [-0.15, -0.1) is 0 Å². The Balaban J connectivity index is 2.93. The third-order valence-corrected chi connectivity index (χ3v) is 3.85. The van der Waals surface area contributed by atoms with Gasteiger partial charge >= 0.3 is 6.18 Å². The van der Waals surface area contributed by atoms with Crippen molar-refractivity contribution < 1.29 is 27.9 Å². The first kappa shape index (κ1) is 20.8. The third-order valence-electron chi connectivity index (χ3n) is 3.00. The highest BCUT2D eigenvalue weighted by Gasteiger charge is 2.33. The van der Waals surface area contributed by atoms with Crippen molar-refractivity contribution in [3.63, 3.8) is 0 Å². The molecule has 0 aliphatic carbocycles. The number of aromatic hydroxyl groups is 1. The molecule has 25 heavy (non-hydrogen) atoms. The number of carbonyl (C=O) groups excluding carboxylic acids is 2. The Bertz CT molecular complexity index is 708. The van der Waals surface area contributed by atoms with E-state index in [-0.39, 0.29) is 12.1 Å². The first-order valence-electron chi connectivity index (χ1n) is 7.20. The summed E-state index contributed by atoms with van der Waals surface area (Å²) in [5.74, 6) is -0.861. The molecule has 0 unspecified atom stereocenters. The topological polar surface area (TPSA) is 57.6 Å². The molecule has 0 heterocycles. The molecule has 1 N–H and O–H groups in total. The molecule has 0 saturated carbocycles. The number of allylic oxidation sites excluding steroid dienone is 2. The summed E-state index contributed by atoms with van der Waals surface area (Å²) in [5, 5.41) is 8.78. The Morgan fingerprint density at radius 2 is 1.92 bits per heavy atom. The van der Waals surface area contributed by atoms with Crippen LogP contribution in [0.4, 0.5) is 18.0 Å². The van der Waals surface area contributed by atoms with Gasteiger partial charge in [0.15, 0.2) is 0 Å². The minimum atomic E-state index is -4.68. The van der Waals surface area contributed by atoms with E-state index in [1.807, 2.05) is 13.8 Å². The van der Waals surface area contributed by atoms with Crippen molar-refractivity contribution in [2.24, 2.45) is 0 Å². The molecule has 0 aliphatic heterocycles. The van der Waals surface area contributed by atoms with Crippen LogP contribution in [0.2, 0.25) is 0 Å². The lowest BCUT2D eigenvalue weighted by Gasteiger charge is -2.13. The Labute approximate surface area is 148 Å². The van der Waals surface area contributed by atoms with Crippen LogP contribution >= 0.6 is 11.8 Å². The monoisotopic (exact) mass is 373 g/mol. The molecule has 1 aromatic carbocycles. The molecule has 0 radical (unpaired) electrons. The summed E-state index contributed by atoms with van der Waals surface area (Å²) in [6, 6.07) is 3.05. The van der Waals surface area contributed by atoms with Gasteiger partial charge in [-0.1, -0.05) is 17.7 Å². The van der Waals surface area contributed by atoms with Gasteiger partial charge in [-0.3, -0.25) is 14.5 Å². The minimum Gasteiger partial charge on any atom is -0.507 e. The van der Waals surface area contributed by atoms with E-state index in [0.717, 1.165) is 34.4 Å². The molecule has 0 fully saturated rings. The van der Waals surface area contributed by atoms with Crippen LogP contribution < -0.4 is 0 Å². The first-order chi connectivity index (χ1) is 11.5. The van der Waals surface area contributed by atoms with Gasteiger partial charge < -0.3 is 5.11 Å². The molecule has 0 saturated heterocycles. The van der Waals surface area contributed by atoms with Crippen molar-refractivity contribution in [3.8, 4) is 5.75 Å². The van der Waals surface area contributed by atoms with E-state index in [4.69, 9.17) is 0 Å². The van der Waals surface area contributed by atoms with E-state index in [0.29, 0.717) is 11.3 Å². The fourth-order valence-corrected chi connectivity index (χ4v) is 2.48. The van der Waals surface area contributed by atoms with Crippen LogP contribution in [0.1, 0.15) is 31.9 Å². The van der Waals surface area contributed by atoms with Gasteiger partial charge in [0.2, 0.25) is 6.41 Å². The third kappa shape index (κ3) is 6.66. The average Bonchev–Trinajstić information content (AvgIpc) is 2.48. The van der Waals surface area contributed by atoms with Gasteiger partial charge in [0.05, 0.1) is 5.56 Å². The van der Waals surface area contributed by atoms with Crippen molar-refractivity contribution in [2.75, 3.05) is 6.54 Å². The molecule has 8 heteroatoms. The molecular formula is C17H18F3NO3S. The summed E-state index contributed by atoms with van der Waals surface area (Å²) in [7, 11) is 0. The van der Waals surface area contributed by atoms with Crippen molar-refractivity contribution in [1.29, 1.82) is 0 Å². The minimum absolute atomic E-state index is 0.127. The molecule has 0 aliphatic rings. The van der Waals surface area contributed by atoms with Gasteiger partial charge in [-0.25, -0.2) is 0 Å². The van der Waals surface area contributed by atoms with Crippen molar-refractivity contribution in [3.05, 3.63) is 45.9 Å². The van der Waals surface area contributed by atoms with E-state index in [1.54, 1.807) is 13.0 Å². The van der Waals surface area contributed by atoms with Crippen molar-refractivity contribution in [1.82, 2.24) is 4.90 Å². The van der Waals surface area contributed by atoms with Crippen LogP contribution in [-0.2, 0) is 11.0 Å². The average molecular weight is 373 g/mol. The second-order valence-corrected chi connectivity index (χ2v) is 6.63. The Hall–Kier alpha value is -2.22. The zero-order chi connectivity index (χ0) is 19.2. The smallest absolute Gasteiger partial charge is 0.419 e. The number of thioether (sulfide) groups is 1. The Morgan fingerprint density at radius 3 is 2.44 bits per heavy atom. The number of imide groups is 1. The summed E-state index contributed by atoms with van der Waals surface area (Å²) < 4.78 is 38.4. The van der Waals surface area contributed by atoms with Crippen LogP contribution in [0.3, 0.4) is 0 Å². The fourth-order valence-electron chi connectivity index (χ4n) is 1.77. The van der Waals surface area contributed by atoms with Crippen LogP contribution in [-0.4, -0.2) is 28.2 Å². The van der Waals surface area contributed by atoms with E-state index in [9.17, 15) is 27.9 Å². The lowest BCUT2D eigenvalue weighted by Crippen LogP contribution is -2.26. The Kier molecular flexibility index (Phi) is 7.29. The van der Waals surface area contributed by atoms with Gasteiger partial charge in [0.1, 0.15) is 5.75 Å². The highest BCUT2D eigenvalue weighted by atomic mass is 32.2. The zero-order valence-electron chi connectivity index (χ0n) is 13.9. The zero-order valence-corrected chi connectivity index (χ0v) is 14.7. The van der Waals surface area contributed by atoms with Crippen LogP contribution in [0.25, 0.3) is 6.08 Å². The maximum absolute atomic E-state index is 12.8. The van der Waals surface area contributed by atoms with Crippen LogP contribution in [0.15, 0.2) is 34.8 Å². The summed E-state index contributed by atoms with van der Waals surface area (Å²) in [6.45, 7) is 5.33. The number of halogens is 3. The lowest BCUT2D eigenvalue weighted by atomic mass is 10.1. The van der Waals surface area contributed by atoms with Crippen molar-refractivity contribution >= 4 is 29.5 Å². The number of alkyl halides is 3. The molecule has 0 spiro atoms. The molecule has 0 aromatic heterocycles. The molecule has 1 aromatic rings. The predicted molar refractivity (Wildman–Crippen MR) is 91.9 cm³/mol. The maximum Gasteiger partial charge on any atom is 0.419 e. The quantitative estimate of drug-likeness (QED) is 0.580. The lowest BCUT2D eigenvalue weighted by molar-refractivity contribution is -0.138. The van der Waals surface area contributed by atoms with E-state index >= 15 is 0 Å². The number of hydrogen-bond donors (Lipinski definition) is 1. The van der Waals surface area contributed by atoms with E-state index in [1.165, 1.54) is 12.1 Å². The van der Waals surface area contributed by atoms with Crippen LogP contribution in [0.5, 0.6) is 5.75 Å². The number of phenolic OH excluding ortho intramolecular Hbond substituents is 1. The largest absolute Gasteiger partial charge is 0.507 e. The number of hydrogen-bond acceptors (Lipinski definition) is 4. The van der Waals surface area contributed by atoms with E-state index < -0.39 is 22.7 Å². The molecule has 136 valence electrons. The van der Waals surface area contributed by atoms with Crippen molar-refractivity contribution in [2.45, 2.75) is 26.9 Å². The highest BCUT2D eigenvalue weighted by molar-refractivity contribution is 8.16. The highest BCUT2D eigenvalue weighted by Crippen LogP contribution is 2.36. The van der Waals surface area contributed by atoms with Crippen LogP contribution in [0, 0.1) is 0 Å². The second-order valence-electron chi connectivity index (χ2n) is 5.44. The number of phenols is 1. The molecular weight excluding hydrogens is 355 g/mol.